The maximum atomic E-state index is 11.9. The fourth-order valence-electron chi connectivity index (χ4n) is 3.82. The summed E-state index contributed by atoms with van der Waals surface area (Å²) in [5.74, 6) is -0.397. The Morgan fingerprint density at radius 2 is 2.00 bits per heavy atom. The molecule has 140 valence electrons. The van der Waals surface area contributed by atoms with Crippen LogP contribution in [0.15, 0.2) is 6.07 Å². The summed E-state index contributed by atoms with van der Waals surface area (Å²) >= 11 is 0. The number of rotatable bonds is 7. The number of carboxylic acids is 1. The molecule has 0 saturated carbocycles. The summed E-state index contributed by atoms with van der Waals surface area (Å²) < 4.78 is 6.01. The van der Waals surface area contributed by atoms with Crippen LogP contribution in [0.3, 0.4) is 0 Å². The summed E-state index contributed by atoms with van der Waals surface area (Å²) in [7, 11) is 0. The van der Waals surface area contributed by atoms with Crippen LogP contribution in [0.4, 0.5) is 0 Å². The van der Waals surface area contributed by atoms with Crippen LogP contribution in [0.25, 0.3) is 0 Å². The van der Waals surface area contributed by atoms with Crippen molar-refractivity contribution in [3.05, 3.63) is 22.8 Å². The molecular weight excluding hydrogens is 316 g/mol. The van der Waals surface area contributed by atoms with E-state index in [0.29, 0.717) is 23.3 Å². The van der Waals surface area contributed by atoms with Crippen LogP contribution >= 0.6 is 0 Å². The van der Waals surface area contributed by atoms with Crippen molar-refractivity contribution < 1.29 is 19.7 Å². The smallest absolute Gasteiger partial charge is 0.339 e. The SMILES string of the molecule is CCCCCc1cc2c(c(O)c1C(=O)O)C(C(C)(C)CC)CC(C)O2. The molecule has 0 aliphatic carbocycles. The van der Waals surface area contributed by atoms with Gasteiger partial charge in [-0.2, -0.15) is 0 Å². The van der Waals surface area contributed by atoms with Gasteiger partial charge < -0.3 is 14.9 Å². The number of hydrogen-bond acceptors (Lipinski definition) is 3. The second kappa shape index (κ2) is 7.67. The molecule has 4 heteroatoms. The Balaban J connectivity index is 2.59. The van der Waals surface area contributed by atoms with Gasteiger partial charge in [-0.25, -0.2) is 4.79 Å². The van der Waals surface area contributed by atoms with E-state index < -0.39 is 5.97 Å². The Labute approximate surface area is 151 Å². The molecule has 0 saturated heterocycles. The summed E-state index contributed by atoms with van der Waals surface area (Å²) in [6, 6.07) is 1.86. The fraction of sp³-hybridized carbons (Fsp3) is 0.667. The molecule has 25 heavy (non-hydrogen) atoms. The van der Waals surface area contributed by atoms with Gasteiger partial charge in [0.1, 0.15) is 17.1 Å². The molecule has 2 unspecified atom stereocenters. The lowest BCUT2D eigenvalue weighted by Crippen LogP contribution is -2.32. The van der Waals surface area contributed by atoms with Crippen LogP contribution in [-0.4, -0.2) is 22.3 Å². The molecule has 0 bridgehead atoms. The number of aromatic carboxylic acids is 1. The Kier molecular flexibility index (Phi) is 6.02. The van der Waals surface area contributed by atoms with Gasteiger partial charge in [-0.05, 0) is 49.1 Å². The fourth-order valence-corrected chi connectivity index (χ4v) is 3.82. The zero-order chi connectivity index (χ0) is 18.8. The number of hydrogen-bond donors (Lipinski definition) is 2. The normalized spacial score (nSPS) is 20.0. The minimum Gasteiger partial charge on any atom is -0.507 e. The van der Waals surface area contributed by atoms with E-state index in [9.17, 15) is 15.0 Å². The first-order valence-electron chi connectivity index (χ1n) is 9.51. The maximum Gasteiger partial charge on any atom is 0.339 e. The van der Waals surface area contributed by atoms with Crippen LogP contribution in [0.2, 0.25) is 0 Å². The summed E-state index contributed by atoms with van der Waals surface area (Å²) in [6.45, 7) is 10.6. The molecule has 1 heterocycles. The van der Waals surface area contributed by atoms with Crippen molar-refractivity contribution in [2.24, 2.45) is 5.41 Å². The highest BCUT2D eigenvalue weighted by Gasteiger charge is 2.40. The van der Waals surface area contributed by atoms with Crippen molar-refractivity contribution in [3.63, 3.8) is 0 Å². The number of aryl methyl sites for hydroxylation is 1. The van der Waals surface area contributed by atoms with Crippen LogP contribution in [-0.2, 0) is 6.42 Å². The first-order chi connectivity index (χ1) is 11.7. The molecular formula is C21H32O4. The van der Waals surface area contributed by atoms with Crippen molar-refractivity contribution in [2.75, 3.05) is 0 Å². The van der Waals surface area contributed by atoms with E-state index in [-0.39, 0.29) is 28.7 Å². The molecule has 2 rings (SSSR count). The van der Waals surface area contributed by atoms with Crippen LogP contribution in [0, 0.1) is 5.41 Å². The highest BCUT2D eigenvalue weighted by atomic mass is 16.5. The van der Waals surface area contributed by atoms with Crippen LogP contribution in [0.5, 0.6) is 11.5 Å². The molecule has 1 aromatic carbocycles. The Morgan fingerprint density at radius 3 is 2.56 bits per heavy atom. The molecule has 1 aliphatic heterocycles. The van der Waals surface area contributed by atoms with E-state index in [2.05, 4.69) is 27.7 Å². The molecule has 4 nitrogen and oxygen atoms in total. The summed E-state index contributed by atoms with van der Waals surface area (Å²) in [5, 5.41) is 20.6. The van der Waals surface area contributed by atoms with Crippen LogP contribution in [0.1, 0.15) is 94.1 Å². The number of fused-ring (bicyclic) bond motifs is 1. The average Bonchev–Trinajstić information content (AvgIpc) is 2.53. The third-order valence-corrected chi connectivity index (χ3v) is 5.75. The van der Waals surface area contributed by atoms with Crippen molar-refractivity contribution in [2.45, 2.75) is 85.2 Å². The molecule has 1 aliphatic rings. The zero-order valence-electron chi connectivity index (χ0n) is 16.2. The van der Waals surface area contributed by atoms with Gasteiger partial charge in [-0.3, -0.25) is 0 Å². The van der Waals surface area contributed by atoms with E-state index in [0.717, 1.165) is 32.1 Å². The quantitative estimate of drug-likeness (QED) is 0.637. The Hall–Kier alpha value is -1.71. The number of aromatic hydroxyl groups is 1. The minimum absolute atomic E-state index is 0.0379. The number of benzene rings is 1. The van der Waals surface area contributed by atoms with E-state index >= 15 is 0 Å². The molecule has 1 aromatic rings. The van der Waals surface area contributed by atoms with Gasteiger partial charge in [0.25, 0.3) is 0 Å². The number of unbranched alkanes of at least 4 members (excludes halogenated alkanes) is 2. The number of carbonyl (C=O) groups is 1. The van der Waals surface area contributed by atoms with Crippen molar-refractivity contribution in [3.8, 4) is 11.5 Å². The second-order valence-electron chi connectivity index (χ2n) is 7.99. The average molecular weight is 348 g/mol. The standard InChI is InChI=1S/C21H32O4/c1-6-8-9-10-14-12-16-18(19(22)17(14)20(23)24)15(11-13(3)25-16)21(4,5)7-2/h12-13,15,22H,6-11H2,1-5H3,(H,23,24). The lowest BCUT2D eigenvalue weighted by Gasteiger charge is -2.40. The lowest BCUT2D eigenvalue weighted by atomic mass is 9.69. The van der Waals surface area contributed by atoms with Gasteiger partial charge in [0.2, 0.25) is 0 Å². The molecule has 0 amide bonds. The van der Waals surface area contributed by atoms with Crippen molar-refractivity contribution in [1.29, 1.82) is 0 Å². The molecule has 2 atom stereocenters. The lowest BCUT2D eigenvalue weighted by molar-refractivity contribution is 0.0690. The third kappa shape index (κ3) is 3.94. The summed E-state index contributed by atoms with van der Waals surface area (Å²) in [5.41, 5.74) is 1.38. The van der Waals surface area contributed by atoms with Gasteiger partial charge in [0, 0.05) is 5.56 Å². The van der Waals surface area contributed by atoms with Gasteiger partial charge in [-0.1, -0.05) is 47.0 Å². The second-order valence-corrected chi connectivity index (χ2v) is 7.99. The predicted molar refractivity (Wildman–Crippen MR) is 99.8 cm³/mol. The van der Waals surface area contributed by atoms with Gasteiger partial charge in [-0.15, -0.1) is 0 Å². The highest BCUT2D eigenvalue weighted by Crippen LogP contribution is 2.52. The third-order valence-electron chi connectivity index (χ3n) is 5.75. The largest absolute Gasteiger partial charge is 0.507 e. The minimum atomic E-state index is -1.06. The van der Waals surface area contributed by atoms with Crippen LogP contribution < -0.4 is 4.74 Å². The van der Waals surface area contributed by atoms with Gasteiger partial charge in [0.15, 0.2) is 0 Å². The first-order valence-corrected chi connectivity index (χ1v) is 9.51. The van der Waals surface area contributed by atoms with Crippen molar-refractivity contribution >= 4 is 5.97 Å². The topological polar surface area (TPSA) is 66.8 Å². The number of phenols is 1. The molecule has 0 aromatic heterocycles. The Bertz CT molecular complexity index is 633. The van der Waals surface area contributed by atoms with E-state index in [4.69, 9.17) is 4.74 Å². The van der Waals surface area contributed by atoms with Gasteiger partial charge >= 0.3 is 5.97 Å². The molecule has 0 radical (unpaired) electrons. The monoisotopic (exact) mass is 348 g/mol. The number of ether oxygens (including phenoxy) is 1. The first kappa shape index (κ1) is 19.6. The summed E-state index contributed by atoms with van der Waals surface area (Å²) in [6.07, 6.45) is 5.46. The van der Waals surface area contributed by atoms with E-state index in [1.165, 1.54) is 0 Å². The van der Waals surface area contributed by atoms with Crippen molar-refractivity contribution in [1.82, 2.24) is 0 Å². The maximum absolute atomic E-state index is 11.9. The van der Waals surface area contributed by atoms with E-state index in [1.807, 2.05) is 13.0 Å². The number of carboxylic acid groups (broad SMARTS) is 1. The zero-order valence-corrected chi connectivity index (χ0v) is 16.2. The molecule has 0 spiro atoms. The molecule has 2 N–H and O–H groups in total. The van der Waals surface area contributed by atoms with Gasteiger partial charge in [0.05, 0.1) is 6.10 Å². The Morgan fingerprint density at radius 1 is 1.32 bits per heavy atom. The summed E-state index contributed by atoms with van der Waals surface area (Å²) in [4.78, 5) is 11.9. The molecule has 0 fully saturated rings. The van der Waals surface area contributed by atoms with E-state index in [1.54, 1.807) is 0 Å². The highest BCUT2D eigenvalue weighted by molar-refractivity contribution is 5.94. The predicted octanol–water partition coefficient (Wildman–Crippen LogP) is 5.51.